The van der Waals surface area contributed by atoms with Crippen molar-refractivity contribution in [2.45, 2.75) is 13.5 Å². The van der Waals surface area contributed by atoms with E-state index in [-0.39, 0.29) is 16.8 Å². The number of rotatable bonds is 4. The highest BCUT2D eigenvalue weighted by Gasteiger charge is 2.19. The van der Waals surface area contributed by atoms with Gasteiger partial charge in [0.05, 0.1) is 23.3 Å². The van der Waals surface area contributed by atoms with E-state index in [0.717, 1.165) is 16.9 Å². The lowest BCUT2D eigenvalue weighted by atomic mass is 10.0. The second kappa shape index (κ2) is 7.12. The van der Waals surface area contributed by atoms with Crippen molar-refractivity contribution >= 4 is 22.4 Å². The number of aromatic nitrogens is 2. The smallest absolute Gasteiger partial charge is 0.200 e. The molecule has 4 rings (SSSR count). The van der Waals surface area contributed by atoms with Crippen molar-refractivity contribution in [3.8, 4) is 0 Å². The third-order valence-electron chi connectivity index (χ3n) is 4.72. The van der Waals surface area contributed by atoms with Crippen LogP contribution in [0.2, 0.25) is 0 Å². The number of hydrogen-bond donors (Lipinski definition) is 1. The maximum atomic E-state index is 13.1. The molecule has 0 aliphatic rings. The summed E-state index contributed by atoms with van der Waals surface area (Å²) in [4.78, 5) is 30.6. The first-order chi connectivity index (χ1) is 13.5. The minimum Gasteiger partial charge on any atom is -0.398 e. The van der Waals surface area contributed by atoms with Crippen LogP contribution in [0.4, 0.5) is 5.69 Å². The fraction of sp³-hybridized carbons (Fsp3) is 0.0870. The number of nitrogens with zero attached hydrogens (tertiary/aromatic N) is 2. The molecule has 4 aromatic rings. The molecule has 2 aromatic heterocycles. The normalized spacial score (nSPS) is 10.9. The van der Waals surface area contributed by atoms with Crippen LogP contribution < -0.4 is 11.2 Å². The van der Waals surface area contributed by atoms with Gasteiger partial charge in [0.2, 0.25) is 11.2 Å². The molecule has 0 bridgehead atoms. The summed E-state index contributed by atoms with van der Waals surface area (Å²) in [6.07, 6.45) is 1.61. The fourth-order valence-corrected chi connectivity index (χ4v) is 3.35. The van der Waals surface area contributed by atoms with Gasteiger partial charge in [0.1, 0.15) is 0 Å². The number of carbonyl (C=O) groups is 1. The minimum atomic E-state index is -0.375. The molecule has 28 heavy (non-hydrogen) atoms. The van der Waals surface area contributed by atoms with Gasteiger partial charge in [-0.1, -0.05) is 30.3 Å². The first-order valence-corrected chi connectivity index (χ1v) is 8.98. The van der Waals surface area contributed by atoms with Gasteiger partial charge < -0.3 is 10.3 Å². The molecule has 5 heteroatoms. The molecule has 0 saturated carbocycles. The quantitative estimate of drug-likeness (QED) is 0.441. The van der Waals surface area contributed by atoms with Gasteiger partial charge in [0.15, 0.2) is 0 Å². The molecular formula is C23H19N3O2. The number of nitrogen functional groups attached to an aromatic ring is 1. The number of ketones is 1. The number of para-hydroxylation sites is 2. The van der Waals surface area contributed by atoms with E-state index < -0.39 is 0 Å². The molecule has 2 aromatic carbocycles. The van der Waals surface area contributed by atoms with E-state index in [0.29, 0.717) is 23.2 Å². The average molecular weight is 369 g/mol. The summed E-state index contributed by atoms with van der Waals surface area (Å²) in [5.41, 5.74) is 8.97. The van der Waals surface area contributed by atoms with Gasteiger partial charge in [-0.15, -0.1) is 0 Å². The van der Waals surface area contributed by atoms with Gasteiger partial charge in [0, 0.05) is 28.5 Å². The van der Waals surface area contributed by atoms with Crippen molar-refractivity contribution in [1.82, 2.24) is 9.55 Å². The molecule has 0 aliphatic heterocycles. The summed E-state index contributed by atoms with van der Waals surface area (Å²) in [5, 5.41) is 0.496. The van der Waals surface area contributed by atoms with Crippen LogP contribution in [0.25, 0.3) is 10.9 Å². The van der Waals surface area contributed by atoms with E-state index in [1.165, 1.54) is 0 Å². The Morgan fingerprint density at radius 3 is 2.50 bits per heavy atom. The van der Waals surface area contributed by atoms with E-state index in [4.69, 9.17) is 5.73 Å². The topological polar surface area (TPSA) is 78.0 Å². The number of fused-ring (bicyclic) bond motifs is 1. The van der Waals surface area contributed by atoms with Crippen molar-refractivity contribution in [2.75, 3.05) is 5.73 Å². The zero-order valence-corrected chi connectivity index (χ0v) is 15.4. The maximum Gasteiger partial charge on any atom is 0.200 e. The molecule has 0 fully saturated rings. The van der Waals surface area contributed by atoms with Crippen molar-refractivity contribution in [1.29, 1.82) is 0 Å². The van der Waals surface area contributed by atoms with E-state index in [1.54, 1.807) is 42.6 Å². The lowest BCUT2D eigenvalue weighted by Gasteiger charge is -2.14. The van der Waals surface area contributed by atoms with Gasteiger partial charge in [-0.05, 0) is 43.3 Å². The van der Waals surface area contributed by atoms with E-state index in [1.807, 2.05) is 41.8 Å². The number of carbonyl (C=O) groups excluding carboxylic acids is 1. The van der Waals surface area contributed by atoms with Gasteiger partial charge in [0.25, 0.3) is 0 Å². The van der Waals surface area contributed by atoms with E-state index >= 15 is 0 Å². The van der Waals surface area contributed by atoms with Gasteiger partial charge >= 0.3 is 0 Å². The van der Waals surface area contributed by atoms with E-state index in [9.17, 15) is 9.59 Å². The number of aryl methyl sites for hydroxylation is 1. The van der Waals surface area contributed by atoms with Crippen LogP contribution in [0.15, 0.2) is 77.7 Å². The summed E-state index contributed by atoms with van der Waals surface area (Å²) in [6, 6.07) is 19.9. The predicted molar refractivity (Wildman–Crippen MR) is 111 cm³/mol. The highest BCUT2D eigenvalue weighted by atomic mass is 16.1. The van der Waals surface area contributed by atoms with Crippen LogP contribution in [0, 0.1) is 6.92 Å². The summed E-state index contributed by atoms with van der Waals surface area (Å²) < 4.78 is 1.89. The van der Waals surface area contributed by atoms with Crippen LogP contribution >= 0.6 is 0 Å². The summed E-state index contributed by atoms with van der Waals surface area (Å²) in [7, 11) is 0. The summed E-state index contributed by atoms with van der Waals surface area (Å²) >= 11 is 0. The van der Waals surface area contributed by atoms with E-state index in [2.05, 4.69) is 4.98 Å². The zero-order chi connectivity index (χ0) is 19.7. The van der Waals surface area contributed by atoms with Crippen molar-refractivity contribution in [2.24, 2.45) is 0 Å². The summed E-state index contributed by atoms with van der Waals surface area (Å²) in [6.45, 7) is 2.38. The monoisotopic (exact) mass is 369 g/mol. The Morgan fingerprint density at radius 2 is 1.71 bits per heavy atom. The lowest BCUT2D eigenvalue weighted by molar-refractivity contribution is 0.103. The molecule has 2 heterocycles. The third kappa shape index (κ3) is 3.18. The largest absolute Gasteiger partial charge is 0.398 e. The summed E-state index contributed by atoms with van der Waals surface area (Å²) in [5.74, 6) is -0.375. The average Bonchev–Trinajstić information content (AvgIpc) is 2.70. The van der Waals surface area contributed by atoms with Gasteiger partial charge in [-0.3, -0.25) is 14.6 Å². The molecule has 0 atom stereocenters. The molecule has 0 radical (unpaired) electrons. The third-order valence-corrected chi connectivity index (χ3v) is 4.72. The molecule has 2 N–H and O–H groups in total. The van der Waals surface area contributed by atoms with Gasteiger partial charge in [-0.25, -0.2) is 0 Å². The van der Waals surface area contributed by atoms with Crippen LogP contribution in [-0.2, 0) is 6.54 Å². The van der Waals surface area contributed by atoms with Crippen LogP contribution in [-0.4, -0.2) is 15.3 Å². The maximum absolute atomic E-state index is 13.1. The molecule has 0 saturated heterocycles. The Hall–Kier alpha value is -3.73. The number of hydrogen-bond acceptors (Lipinski definition) is 4. The first kappa shape index (κ1) is 17.7. The number of pyridine rings is 2. The number of benzene rings is 2. The highest BCUT2D eigenvalue weighted by molar-refractivity contribution is 6.12. The first-order valence-electron chi connectivity index (χ1n) is 8.98. The Morgan fingerprint density at radius 1 is 0.964 bits per heavy atom. The predicted octanol–water partition coefficient (Wildman–Crippen LogP) is 3.57. The SMILES string of the molecule is Cc1cccc(Cn2cc(C(=O)c3ccccc3N)c(=O)c3ccccc32)n1. The molecule has 0 unspecified atom stereocenters. The van der Waals surface area contributed by atoms with Crippen molar-refractivity contribution in [3.05, 3.63) is 106 Å². The molecule has 138 valence electrons. The minimum absolute atomic E-state index is 0.101. The van der Waals surface area contributed by atoms with Crippen molar-refractivity contribution < 1.29 is 4.79 Å². The Balaban J connectivity index is 1.91. The Bertz CT molecular complexity index is 1260. The molecule has 5 nitrogen and oxygen atoms in total. The van der Waals surface area contributed by atoms with Crippen LogP contribution in [0.3, 0.4) is 0 Å². The fourth-order valence-electron chi connectivity index (χ4n) is 3.35. The van der Waals surface area contributed by atoms with Gasteiger partial charge in [-0.2, -0.15) is 0 Å². The zero-order valence-electron chi connectivity index (χ0n) is 15.4. The van der Waals surface area contributed by atoms with Crippen LogP contribution in [0.1, 0.15) is 27.3 Å². The molecule has 0 amide bonds. The van der Waals surface area contributed by atoms with Crippen molar-refractivity contribution in [3.63, 3.8) is 0 Å². The second-order valence-electron chi connectivity index (χ2n) is 6.70. The molecule has 0 spiro atoms. The Labute approximate surface area is 162 Å². The lowest BCUT2D eigenvalue weighted by Crippen LogP contribution is -2.21. The standard InChI is InChI=1S/C23H19N3O2/c1-15-7-6-8-16(25-15)13-26-14-19(22(27)17-9-2-4-11-20(17)24)23(28)18-10-3-5-12-21(18)26/h2-12,14H,13,24H2,1H3. The number of anilines is 1. The Kier molecular flexibility index (Phi) is 4.49. The number of nitrogens with two attached hydrogens (primary N) is 1. The highest BCUT2D eigenvalue weighted by Crippen LogP contribution is 2.18. The second-order valence-corrected chi connectivity index (χ2v) is 6.70. The molecular weight excluding hydrogens is 350 g/mol. The molecule has 0 aliphatic carbocycles. The van der Waals surface area contributed by atoms with Crippen LogP contribution in [0.5, 0.6) is 0 Å².